The Morgan fingerprint density at radius 3 is 2.00 bits per heavy atom. The van der Waals surface area contributed by atoms with Gasteiger partial charge in [0.1, 0.15) is 0 Å². The third-order valence-electron chi connectivity index (χ3n) is 1.23. The molecule has 4 N–H and O–H groups in total. The van der Waals surface area contributed by atoms with Gasteiger partial charge < -0.3 is 15.1 Å². The number of rotatable bonds is 6. The molecule has 0 bridgehead atoms. The molecule has 0 aliphatic heterocycles. The van der Waals surface area contributed by atoms with Crippen molar-refractivity contribution in [3.05, 3.63) is 25.3 Å². The number of carbonyl (C=O) groups is 1. The Kier molecular flexibility index (Phi) is 16.4. The lowest BCUT2D eigenvalue weighted by molar-refractivity contribution is -0.133. The van der Waals surface area contributed by atoms with Crippen molar-refractivity contribution in [2.24, 2.45) is 0 Å². The Labute approximate surface area is 89.3 Å². The minimum Gasteiger partial charge on any atom is -0.412 e. The lowest BCUT2D eigenvalue weighted by Gasteiger charge is -2.15. The highest BCUT2D eigenvalue weighted by Gasteiger charge is 2.07. The third-order valence-corrected chi connectivity index (χ3v) is 1.43. The van der Waals surface area contributed by atoms with Gasteiger partial charge in [-0.3, -0.25) is 4.90 Å². The van der Waals surface area contributed by atoms with Gasteiger partial charge in [0.05, 0.1) is 6.54 Å². The number of hydrogen-bond acceptors (Lipinski definition) is 4. The molecule has 0 aromatic carbocycles. The summed E-state index contributed by atoms with van der Waals surface area (Å²) in [6.45, 7) is 8.61. The first-order valence-electron chi connectivity index (χ1n) is 3.53. The van der Waals surface area contributed by atoms with Gasteiger partial charge in [-0.2, -0.15) is 0 Å². The van der Waals surface area contributed by atoms with Crippen LogP contribution in [-0.2, 0) is 8.98 Å². The summed E-state index contributed by atoms with van der Waals surface area (Å²) in [5.41, 5.74) is 0. The van der Waals surface area contributed by atoms with Gasteiger partial charge in [0, 0.05) is 26.0 Å². The van der Waals surface area contributed by atoms with Gasteiger partial charge in [0.2, 0.25) is 0 Å². The van der Waals surface area contributed by atoms with Crippen molar-refractivity contribution in [1.29, 1.82) is 0 Å². The first-order valence-corrected chi connectivity index (χ1v) is 3.89. The number of hydrogen-bond donors (Lipinski definition) is 1. The molecule has 0 unspecified atom stereocenters. The Morgan fingerprint density at radius 1 is 1.29 bits per heavy atom. The van der Waals surface area contributed by atoms with Gasteiger partial charge in [-0.05, 0) is 0 Å². The summed E-state index contributed by atoms with van der Waals surface area (Å²) in [4.78, 5) is 12.6. The summed E-state index contributed by atoms with van der Waals surface area (Å²) in [6, 6.07) is 0. The molecule has 0 amide bonds. The van der Waals surface area contributed by atoms with E-state index >= 15 is 0 Å². The van der Waals surface area contributed by atoms with Crippen molar-refractivity contribution in [2.75, 3.05) is 19.6 Å². The maximum Gasteiger partial charge on any atom is 0.331 e. The van der Waals surface area contributed by atoms with E-state index in [0.717, 1.165) is 0 Å². The Balaban J connectivity index is -0.000000605. The topological polar surface area (TPSA) is 92.5 Å². The van der Waals surface area contributed by atoms with Crippen LogP contribution in [0.15, 0.2) is 25.3 Å². The van der Waals surface area contributed by atoms with Crippen LogP contribution >= 0.6 is 12.9 Å². The van der Waals surface area contributed by atoms with E-state index in [2.05, 4.69) is 30.3 Å². The smallest absolute Gasteiger partial charge is 0.331 e. The Morgan fingerprint density at radius 2 is 1.71 bits per heavy atom. The normalized spacial score (nSPS) is 8.14. The Bertz CT molecular complexity index is 165. The maximum absolute atomic E-state index is 10.8. The molecule has 0 aliphatic rings. The fourth-order valence-corrected chi connectivity index (χ4v) is 0.838. The van der Waals surface area contributed by atoms with Crippen LogP contribution in [0.4, 0.5) is 0 Å². The van der Waals surface area contributed by atoms with Gasteiger partial charge in [-0.15, -0.1) is 13.2 Å². The molecule has 84 valence electrons. The van der Waals surface area contributed by atoms with Crippen LogP contribution < -0.4 is 0 Å². The van der Waals surface area contributed by atoms with E-state index < -0.39 is 0 Å². The van der Waals surface area contributed by atoms with E-state index in [0.29, 0.717) is 13.1 Å². The van der Waals surface area contributed by atoms with Crippen molar-refractivity contribution in [3.63, 3.8) is 0 Å². The van der Waals surface area contributed by atoms with Crippen LogP contribution in [0.5, 0.6) is 0 Å². The van der Waals surface area contributed by atoms with Gasteiger partial charge >= 0.3 is 5.97 Å². The summed E-state index contributed by atoms with van der Waals surface area (Å²) < 4.78 is 4.22. The molecular weight excluding hydrogens is 206 g/mol. The van der Waals surface area contributed by atoms with Crippen LogP contribution in [-0.4, -0.2) is 41.5 Å². The highest BCUT2D eigenvalue weighted by molar-refractivity contribution is 7.75. The van der Waals surface area contributed by atoms with Gasteiger partial charge in [-0.25, -0.2) is 4.79 Å². The average molecular weight is 223 g/mol. The zero-order valence-electron chi connectivity index (χ0n) is 7.90. The molecule has 14 heavy (non-hydrogen) atoms. The van der Waals surface area contributed by atoms with Gasteiger partial charge in [-0.1, -0.05) is 12.2 Å². The van der Waals surface area contributed by atoms with Crippen molar-refractivity contribution in [1.82, 2.24) is 4.90 Å². The SMILES string of the molecule is C=CCN(CC=C)CC(=O)OS.O.O. The number of thiol groups is 1. The fourth-order valence-electron chi connectivity index (χ4n) is 0.780. The summed E-state index contributed by atoms with van der Waals surface area (Å²) in [7, 11) is 0. The average Bonchev–Trinajstić information content (AvgIpc) is 2.05. The highest BCUT2D eigenvalue weighted by atomic mass is 32.1. The van der Waals surface area contributed by atoms with E-state index in [-0.39, 0.29) is 23.5 Å². The predicted octanol–water partition coefficient (Wildman–Crippen LogP) is -0.601. The molecule has 0 saturated carbocycles. The third kappa shape index (κ3) is 9.27. The Hall–Kier alpha value is -0.820. The largest absolute Gasteiger partial charge is 0.412 e. The quantitative estimate of drug-likeness (QED) is 0.370. The van der Waals surface area contributed by atoms with Crippen LogP contribution in [0.2, 0.25) is 0 Å². The zero-order chi connectivity index (χ0) is 9.40. The lowest BCUT2D eigenvalue weighted by atomic mass is 10.4. The van der Waals surface area contributed by atoms with Crippen LogP contribution in [0, 0.1) is 0 Å². The summed E-state index contributed by atoms with van der Waals surface area (Å²) in [6.07, 6.45) is 3.44. The summed E-state index contributed by atoms with van der Waals surface area (Å²) in [5, 5.41) is 0. The summed E-state index contributed by atoms with van der Waals surface area (Å²) >= 11 is 3.40. The van der Waals surface area contributed by atoms with E-state index in [1.807, 2.05) is 4.90 Å². The monoisotopic (exact) mass is 223 g/mol. The second-order valence-corrected chi connectivity index (χ2v) is 2.42. The van der Waals surface area contributed by atoms with E-state index in [4.69, 9.17) is 0 Å². The van der Waals surface area contributed by atoms with Crippen molar-refractivity contribution in [3.8, 4) is 0 Å². The minimum atomic E-state index is -0.373. The van der Waals surface area contributed by atoms with Crippen LogP contribution in [0.3, 0.4) is 0 Å². The van der Waals surface area contributed by atoms with Gasteiger partial charge in [0.25, 0.3) is 0 Å². The number of nitrogens with zero attached hydrogens (tertiary/aromatic N) is 1. The van der Waals surface area contributed by atoms with Crippen molar-refractivity contribution < 1.29 is 19.9 Å². The molecular formula is C8H17NO4S. The second-order valence-electron chi connectivity index (χ2n) is 2.23. The van der Waals surface area contributed by atoms with Crippen molar-refractivity contribution >= 4 is 18.9 Å². The molecule has 5 nitrogen and oxygen atoms in total. The van der Waals surface area contributed by atoms with E-state index in [1.165, 1.54) is 0 Å². The lowest BCUT2D eigenvalue weighted by Crippen LogP contribution is -2.30. The van der Waals surface area contributed by atoms with Gasteiger partial charge in [0.15, 0.2) is 0 Å². The molecule has 0 radical (unpaired) electrons. The number of carbonyl (C=O) groups excluding carboxylic acids is 1. The molecule has 0 aromatic heterocycles. The molecule has 6 heteroatoms. The molecule has 0 rings (SSSR count). The van der Waals surface area contributed by atoms with E-state index in [9.17, 15) is 4.79 Å². The molecule has 0 heterocycles. The highest BCUT2D eigenvalue weighted by Crippen LogP contribution is 1.92. The minimum absolute atomic E-state index is 0. The zero-order valence-corrected chi connectivity index (χ0v) is 8.80. The first-order chi connectivity index (χ1) is 5.74. The molecule has 0 saturated heterocycles. The van der Waals surface area contributed by atoms with E-state index in [1.54, 1.807) is 12.2 Å². The molecule has 0 aliphatic carbocycles. The standard InChI is InChI=1S/C8H13NO2S.2H2O/c1-3-5-9(6-4-2)7-8(10)11-12;;/h3-4,12H,1-2,5-7H2;2*1H2. The molecule has 0 atom stereocenters. The second kappa shape index (κ2) is 12.2. The summed E-state index contributed by atoms with van der Waals surface area (Å²) in [5.74, 6) is -0.373. The van der Waals surface area contributed by atoms with Crippen LogP contribution in [0.25, 0.3) is 0 Å². The predicted molar refractivity (Wildman–Crippen MR) is 59.1 cm³/mol. The molecule has 0 aromatic rings. The van der Waals surface area contributed by atoms with Crippen molar-refractivity contribution in [2.45, 2.75) is 0 Å². The first kappa shape index (κ1) is 18.9. The van der Waals surface area contributed by atoms with Crippen LogP contribution in [0.1, 0.15) is 0 Å². The fraction of sp³-hybridized carbons (Fsp3) is 0.375. The molecule has 0 fully saturated rings. The molecule has 0 spiro atoms. The maximum atomic E-state index is 10.8.